The van der Waals surface area contributed by atoms with Crippen LogP contribution in [0.15, 0.2) is 6.07 Å². The van der Waals surface area contributed by atoms with Gasteiger partial charge in [0.25, 0.3) is 0 Å². The number of carboxylic acid groups (broad SMARTS) is 1. The van der Waals surface area contributed by atoms with E-state index >= 15 is 0 Å². The molecule has 0 spiro atoms. The summed E-state index contributed by atoms with van der Waals surface area (Å²) < 4.78 is 0. The van der Waals surface area contributed by atoms with Crippen molar-refractivity contribution in [1.82, 2.24) is 10.3 Å². The van der Waals surface area contributed by atoms with Crippen molar-refractivity contribution in [3.05, 3.63) is 28.6 Å². The normalized spacial score (nSPS) is 14.8. The Morgan fingerprint density at radius 3 is 3.00 bits per heavy atom. The van der Waals surface area contributed by atoms with Crippen LogP contribution < -0.4 is 5.32 Å². The van der Waals surface area contributed by atoms with Gasteiger partial charge in [-0.2, -0.15) is 0 Å². The number of aromatic nitrogens is 1. The Labute approximate surface area is 101 Å². The largest absolute Gasteiger partial charge is 0.478 e. The van der Waals surface area contributed by atoms with Gasteiger partial charge in [0.05, 0.1) is 11.3 Å². The Bertz CT molecular complexity index is 441. The number of hydrogen-bond donors (Lipinski definition) is 2. The zero-order chi connectivity index (χ0) is 12.4. The molecule has 92 valence electrons. The molecule has 0 radical (unpaired) electrons. The van der Waals surface area contributed by atoms with E-state index in [2.05, 4.69) is 24.1 Å². The first kappa shape index (κ1) is 12.0. The molecular formula is C13H18N2O2. The van der Waals surface area contributed by atoms with E-state index < -0.39 is 5.97 Å². The number of fused-ring (bicyclic) bond motifs is 1. The fourth-order valence-corrected chi connectivity index (χ4v) is 2.24. The van der Waals surface area contributed by atoms with Crippen molar-refractivity contribution in [2.24, 2.45) is 5.92 Å². The molecule has 0 fully saturated rings. The fraction of sp³-hybridized carbons (Fsp3) is 0.538. The Kier molecular flexibility index (Phi) is 3.43. The number of carbonyl (C=O) groups is 1. The second kappa shape index (κ2) is 4.84. The molecule has 1 aromatic rings. The number of carboxylic acids is 1. The van der Waals surface area contributed by atoms with Gasteiger partial charge in [-0.05, 0) is 36.9 Å². The van der Waals surface area contributed by atoms with Crippen LogP contribution in [-0.2, 0) is 19.4 Å². The number of hydrogen-bond acceptors (Lipinski definition) is 3. The molecule has 1 aliphatic rings. The van der Waals surface area contributed by atoms with Gasteiger partial charge in [0.2, 0.25) is 0 Å². The van der Waals surface area contributed by atoms with E-state index in [1.54, 1.807) is 6.07 Å². The van der Waals surface area contributed by atoms with E-state index in [0.29, 0.717) is 18.0 Å². The van der Waals surface area contributed by atoms with Crippen LogP contribution in [0.5, 0.6) is 0 Å². The maximum atomic E-state index is 11.3. The van der Waals surface area contributed by atoms with Crippen LogP contribution in [0.25, 0.3) is 0 Å². The molecule has 17 heavy (non-hydrogen) atoms. The standard InChI is InChI=1S/C13H18N2O2/c1-8(2)5-9-6-11(13(16)17)10-3-4-14-7-12(10)15-9/h6,8,14H,3-5,7H2,1-2H3,(H,16,17). The van der Waals surface area contributed by atoms with Crippen LogP contribution in [0, 0.1) is 5.92 Å². The molecule has 2 rings (SSSR count). The summed E-state index contributed by atoms with van der Waals surface area (Å²) in [5.41, 5.74) is 3.14. The molecule has 0 saturated carbocycles. The highest BCUT2D eigenvalue weighted by Crippen LogP contribution is 2.20. The first-order valence-electron chi connectivity index (χ1n) is 6.03. The zero-order valence-electron chi connectivity index (χ0n) is 10.3. The van der Waals surface area contributed by atoms with Crippen LogP contribution in [-0.4, -0.2) is 22.6 Å². The lowest BCUT2D eigenvalue weighted by Gasteiger charge is -2.19. The topological polar surface area (TPSA) is 62.2 Å². The number of rotatable bonds is 3. The number of nitrogens with one attached hydrogen (secondary N) is 1. The number of nitrogens with zero attached hydrogens (tertiary/aromatic N) is 1. The lowest BCUT2D eigenvalue weighted by molar-refractivity contribution is 0.0695. The molecule has 0 aliphatic carbocycles. The van der Waals surface area contributed by atoms with Crippen LogP contribution in [0.3, 0.4) is 0 Å². The van der Waals surface area contributed by atoms with Gasteiger partial charge in [-0.25, -0.2) is 4.79 Å². The summed E-state index contributed by atoms with van der Waals surface area (Å²) in [6, 6.07) is 1.74. The van der Waals surface area contributed by atoms with E-state index in [1.807, 2.05) is 0 Å². The van der Waals surface area contributed by atoms with Gasteiger partial charge in [0.15, 0.2) is 0 Å². The predicted octanol–water partition coefficient (Wildman–Crippen LogP) is 1.62. The first-order valence-corrected chi connectivity index (χ1v) is 6.03. The van der Waals surface area contributed by atoms with Crippen molar-refractivity contribution in [2.45, 2.75) is 33.2 Å². The molecule has 0 bridgehead atoms. The van der Waals surface area contributed by atoms with Gasteiger partial charge in [-0.3, -0.25) is 4.98 Å². The van der Waals surface area contributed by atoms with Crippen molar-refractivity contribution < 1.29 is 9.90 Å². The summed E-state index contributed by atoms with van der Waals surface area (Å²) in [5, 5.41) is 12.5. The monoisotopic (exact) mass is 234 g/mol. The molecular weight excluding hydrogens is 216 g/mol. The molecule has 2 heterocycles. The van der Waals surface area contributed by atoms with Gasteiger partial charge in [0.1, 0.15) is 0 Å². The number of aromatic carboxylic acids is 1. The molecule has 0 atom stereocenters. The molecule has 1 aliphatic heterocycles. The average Bonchev–Trinajstić information content (AvgIpc) is 2.27. The Balaban J connectivity index is 2.44. The summed E-state index contributed by atoms with van der Waals surface area (Å²) in [5.74, 6) is -0.352. The lowest BCUT2D eigenvalue weighted by atomic mass is 9.97. The molecule has 1 aromatic heterocycles. The van der Waals surface area contributed by atoms with Crippen molar-refractivity contribution in [3.8, 4) is 0 Å². The van der Waals surface area contributed by atoms with E-state index in [-0.39, 0.29) is 0 Å². The van der Waals surface area contributed by atoms with E-state index in [4.69, 9.17) is 0 Å². The third-order valence-electron chi connectivity index (χ3n) is 2.95. The highest BCUT2D eigenvalue weighted by Gasteiger charge is 2.19. The zero-order valence-corrected chi connectivity index (χ0v) is 10.3. The number of pyridine rings is 1. The van der Waals surface area contributed by atoms with Crippen molar-refractivity contribution in [1.29, 1.82) is 0 Å². The van der Waals surface area contributed by atoms with Crippen LogP contribution in [0.4, 0.5) is 0 Å². The van der Waals surface area contributed by atoms with E-state index in [1.165, 1.54) is 0 Å². The third-order valence-corrected chi connectivity index (χ3v) is 2.95. The van der Waals surface area contributed by atoms with Crippen LogP contribution in [0.2, 0.25) is 0 Å². The first-order chi connectivity index (χ1) is 8.08. The minimum atomic E-state index is -0.837. The Hall–Kier alpha value is -1.42. The lowest BCUT2D eigenvalue weighted by Crippen LogP contribution is -2.27. The fourth-order valence-electron chi connectivity index (χ4n) is 2.24. The maximum Gasteiger partial charge on any atom is 0.336 e. The molecule has 2 N–H and O–H groups in total. The summed E-state index contributed by atoms with van der Waals surface area (Å²) >= 11 is 0. The van der Waals surface area contributed by atoms with Gasteiger partial charge >= 0.3 is 5.97 Å². The maximum absolute atomic E-state index is 11.3. The molecule has 0 saturated heterocycles. The highest BCUT2D eigenvalue weighted by atomic mass is 16.4. The predicted molar refractivity (Wildman–Crippen MR) is 65.1 cm³/mol. The highest BCUT2D eigenvalue weighted by molar-refractivity contribution is 5.89. The quantitative estimate of drug-likeness (QED) is 0.834. The van der Waals surface area contributed by atoms with E-state index in [9.17, 15) is 9.90 Å². The Morgan fingerprint density at radius 2 is 2.35 bits per heavy atom. The summed E-state index contributed by atoms with van der Waals surface area (Å²) in [4.78, 5) is 15.8. The van der Waals surface area contributed by atoms with Gasteiger partial charge in [-0.1, -0.05) is 13.8 Å². The molecule has 0 amide bonds. The van der Waals surface area contributed by atoms with Gasteiger partial charge in [0, 0.05) is 12.2 Å². The summed E-state index contributed by atoms with van der Waals surface area (Å²) in [6.45, 7) is 5.74. The second-order valence-corrected chi connectivity index (χ2v) is 4.92. The van der Waals surface area contributed by atoms with Crippen molar-refractivity contribution in [2.75, 3.05) is 6.54 Å². The average molecular weight is 234 g/mol. The minimum absolute atomic E-state index is 0.437. The van der Waals surface area contributed by atoms with Gasteiger partial charge in [-0.15, -0.1) is 0 Å². The summed E-state index contributed by atoms with van der Waals surface area (Å²) in [7, 11) is 0. The van der Waals surface area contributed by atoms with E-state index in [0.717, 1.165) is 36.3 Å². The third kappa shape index (κ3) is 2.64. The summed E-state index contributed by atoms with van der Waals surface area (Å²) in [6.07, 6.45) is 1.58. The molecule has 0 unspecified atom stereocenters. The minimum Gasteiger partial charge on any atom is -0.478 e. The Morgan fingerprint density at radius 1 is 1.59 bits per heavy atom. The molecule has 0 aromatic carbocycles. The molecule has 4 heteroatoms. The van der Waals surface area contributed by atoms with Crippen molar-refractivity contribution >= 4 is 5.97 Å². The van der Waals surface area contributed by atoms with Crippen LogP contribution in [0.1, 0.15) is 41.2 Å². The van der Waals surface area contributed by atoms with Crippen molar-refractivity contribution in [3.63, 3.8) is 0 Å². The van der Waals surface area contributed by atoms with Crippen LogP contribution >= 0.6 is 0 Å². The molecule has 4 nitrogen and oxygen atoms in total. The van der Waals surface area contributed by atoms with Gasteiger partial charge < -0.3 is 10.4 Å². The smallest absolute Gasteiger partial charge is 0.336 e. The second-order valence-electron chi connectivity index (χ2n) is 4.92. The SMILES string of the molecule is CC(C)Cc1cc(C(=O)O)c2c(n1)CNCC2.